The molecule has 21 heavy (non-hydrogen) atoms. The molecule has 0 aliphatic rings. The summed E-state index contributed by atoms with van der Waals surface area (Å²) in [6.07, 6.45) is 2.66. The Bertz CT molecular complexity index is 466. The second-order valence-corrected chi connectivity index (χ2v) is 5.00. The summed E-state index contributed by atoms with van der Waals surface area (Å²) in [5.74, 6) is 0.920. The molecule has 5 nitrogen and oxygen atoms in total. The van der Waals surface area contributed by atoms with Gasteiger partial charge in [-0.3, -0.25) is 4.79 Å². The summed E-state index contributed by atoms with van der Waals surface area (Å²) in [4.78, 5) is 11.9. The van der Waals surface area contributed by atoms with Crippen molar-refractivity contribution in [2.45, 2.75) is 26.2 Å². The van der Waals surface area contributed by atoms with Crippen LogP contribution in [0.25, 0.3) is 0 Å². The highest BCUT2D eigenvalue weighted by Gasteiger charge is 2.12. The molecular weight excluding hydrogens is 292 g/mol. The predicted octanol–water partition coefficient (Wildman–Crippen LogP) is 3.08. The van der Waals surface area contributed by atoms with Crippen LogP contribution in [0.15, 0.2) is 12.1 Å². The first-order valence-electron chi connectivity index (χ1n) is 7.04. The van der Waals surface area contributed by atoms with Crippen molar-refractivity contribution in [3.63, 3.8) is 0 Å². The Morgan fingerprint density at radius 1 is 1.19 bits per heavy atom. The van der Waals surface area contributed by atoms with Crippen LogP contribution in [0.5, 0.6) is 11.5 Å². The van der Waals surface area contributed by atoms with E-state index in [4.69, 9.17) is 21.1 Å². The van der Waals surface area contributed by atoms with E-state index in [1.807, 2.05) is 0 Å². The number of rotatable bonds is 9. The number of nitrogens with one attached hydrogen (secondary N) is 2. The number of anilines is 1. The summed E-state index contributed by atoms with van der Waals surface area (Å²) in [6.45, 7) is 3.72. The number of benzene rings is 1. The maximum Gasteiger partial charge on any atom is 0.225 e. The van der Waals surface area contributed by atoms with Gasteiger partial charge in [-0.25, -0.2) is 0 Å². The van der Waals surface area contributed by atoms with Crippen LogP contribution in [0.4, 0.5) is 5.69 Å². The average molecular weight is 315 g/mol. The molecule has 1 amide bonds. The molecule has 1 rings (SSSR count). The van der Waals surface area contributed by atoms with Crippen LogP contribution in [-0.2, 0) is 4.79 Å². The van der Waals surface area contributed by atoms with Gasteiger partial charge in [0.2, 0.25) is 5.91 Å². The van der Waals surface area contributed by atoms with Crippen molar-refractivity contribution < 1.29 is 14.3 Å². The van der Waals surface area contributed by atoms with Crippen molar-refractivity contribution in [3.8, 4) is 11.5 Å². The molecule has 0 radical (unpaired) electrons. The highest BCUT2D eigenvalue weighted by Crippen LogP contribution is 2.35. The molecule has 0 aliphatic carbocycles. The fourth-order valence-electron chi connectivity index (χ4n) is 1.80. The number of carbonyl (C=O) groups excluding carboxylic acids is 1. The largest absolute Gasteiger partial charge is 0.495 e. The Kier molecular flexibility index (Phi) is 7.93. The molecule has 0 fully saturated rings. The second kappa shape index (κ2) is 9.47. The maximum atomic E-state index is 11.9. The van der Waals surface area contributed by atoms with Crippen LogP contribution < -0.4 is 20.1 Å². The summed E-state index contributed by atoms with van der Waals surface area (Å²) >= 11 is 6.02. The van der Waals surface area contributed by atoms with Gasteiger partial charge < -0.3 is 20.1 Å². The van der Waals surface area contributed by atoms with E-state index in [1.54, 1.807) is 12.1 Å². The number of ether oxygens (including phenoxy) is 2. The lowest BCUT2D eigenvalue weighted by atomic mass is 10.2. The lowest BCUT2D eigenvalue weighted by Gasteiger charge is -2.13. The van der Waals surface area contributed by atoms with E-state index in [9.17, 15) is 4.79 Å². The number of hydrogen-bond acceptors (Lipinski definition) is 4. The van der Waals surface area contributed by atoms with E-state index in [2.05, 4.69) is 17.6 Å². The fraction of sp³-hybridized carbons (Fsp3) is 0.533. The third kappa shape index (κ3) is 5.81. The van der Waals surface area contributed by atoms with Crippen molar-refractivity contribution in [2.24, 2.45) is 0 Å². The number of amides is 1. The molecule has 0 spiro atoms. The number of methoxy groups -OCH3 is 2. The number of unbranched alkanes of at least 4 members (excludes halogenated alkanes) is 1. The fourth-order valence-corrected chi connectivity index (χ4v) is 2.03. The summed E-state index contributed by atoms with van der Waals surface area (Å²) in [6, 6.07) is 3.28. The van der Waals surface area contributed by atoms with Crippen LogP contribution in [0.2, 0.25) is 5.02 Å². The first-order chi connectivity index (χ1) is 10.1. The second-order valence-electron chi connectivity index (χ2n) is 4.59. The van der Waals surface area contributed by atoms with Crippen molar-refractivity contribution in [1.29, 1.82) is 0 Å². The van der Waals surface area contributed by atoms with E-state index in [-0.39, 0.29) is 5.91 Å². The Morgan fingerprint density at radius 2 is 1.90 bits per heavy atom. The SMILES string of the molecule is CCCCNCCC(=O)Nc1cc(OC)c(Cl)cc1OC. The van der Waals surface area contributed by atoms with Gasteiger partial charge in [0.1, 0.15) is 11.5 Å². The molecule has 1 aromatic rings. The molecule has 0 atom stereocenters. The highest BCUT2D eigenvalue weighted by molar-refractivity contribution is 6.32. The smallest absolute Gasteiger partial charge is 0.225 e. The molecule has 0 saturated heterocycles. The summed E-state index contributed by atoms with van der Waals surface area (Å²) < 4.78 is 10.4. The minimum absolute atomic E-state index is 0.0818. The van der Waals surface area contributed by atoms with Crippen molar-refractivity contribution in [1.82, 2.24) is 5.32 Å². The van der Waals surface area contributed by atoms with Crippen LogP contribution >= 0.6 is 11.6 Å². The van der Waals surface area contributed by atoms with Crippen molar-refractivity contribution in [2.75, 3.05) is 32.6 Å². The van der Waals surface area contributed by atoms with Crippen molar-refractivity contribution >= 4 is 23.2 Å². The lowest BCUT2D eigenvalue weighted by Crippen LogP contribution is -2.22. The van der Waals surface area contributed by atoms with Gasteiger partial charge in [0.25, 0.3) is 0 Å². The lowest BCUT2D eigenvalue weighted by molar-refractivity contribution is -0.116. The molecule has 0 aliphatic heterocycles. The van der Waals surface area contributed by atoms with Gasteiger partial charge >= 0.3 is 0 Å². The molecule has 0 aromatic heterocycles. The average Bonchev–Trinajstić information content (AvgIpc) is 2.48. The minimum atomic E-state index is -0.0818. The van der Waals surface area contributed by atoms with E-state index >= 15 is 0 Å². The summed E-state index contributed by atoms with van der Waals surface area (Å²) in [5.41, 5.74) is 0.553. The molecule has 0 bridgehead atoms. The summed E-state index contributed by atoms with van der Waals surface area (Å²) in [7, 11) is 3.05. The standard InChI is InChI=1S/C15H23ClN2O3/c1-4-5-7-17-8-6-15(19)18-12-10-13(20-2)11(16)9-14(12)21-3/h9-10,17H,4-8H2,1-3H3,(H,18,19). The van der Waals surface area contributed by atoms with Gasteiger partial charge in [0, 0.05) is 25.1 Å². The zero-order chi connectivity index (χ0) is 15.7. The van der Waals surface area contributed by atoms with Crippen molar-refractivity contribution in [3.05, 3.63) is 17.2 Å². The quantitative estimate of drug-likeness (QED) is 0.688. The van der Waals surface area contributed by atoms with Gasteiger partial charge in [0.05, 0.1) is 24.9 Å². The normalized spacial score (nSPS) is 10.3. The number of hydrogen-bond donors (Lipinski definition) is 2. The molecule has 6 heteroatoms. The topological polar surface area (TPSA) is 59.6 Å². The molecule has 0 unspecified atom stereocenters. The van der Waals surface area contributed by atoms with Gasteiger partial charge in [-0.1, -0.05) is 24.9 Å². The predicted molar refractivity (Wildman–Crippen MR) is 85.6 cm³/mol. The molecule has 118 valence electrons. The van der Waals surface area contributed by atoms with Gasteiger partial charge in [0.15, 0.2) is 0 Å². The zero-order valence-electron chi connectivity index (χ0n) is 12.8. The first-order valence-corrected chi connectivity index (χ1v) is 7.42. The monoisotopic (exact) mass is 314 g/mol. The van der Waals surface area contributed by atoms with E-state index in [0.717, 1.165) is 19.4 Å². The van der Waals surface area contributed by atoms with Crippen LogP contribution in [0.3, 0.4) is 0 Å². The van der Waals surface area contributed by atoms with Crippen LogP contribution in [0.1, 0.15) is 26.2 Å². The molecule has 2 N–H and O–H groups in total. The Balaban J connectivity index is 2.58. The van der Waals surface area contributed by atoms with Crippen LogP contribution in [-0.4, -0.2) is 33.2 Å². The number of halogens is 1. The highest BCUT2D eigenvalue weighted by atomic mass is 35.5. The molecule has 0 heterocycles. The summed E-state index contributed by atoms with van der Waals surface area (Å²) in [5, 5.41) is 6.48. The van der Waals surface area contributed by atoms with Gasteiger partial charge in [-0.15, -0.1) is 0 Å². The van der Waals surface area contributed by atoms with E-state index in [0.29, 0.717) is 35.2 Å². The van der Waals surface area contributed by atoms with Gasteiger partial charge in [-0.2, -0.15) is 0 Å². The molecular formula is C15H23ClN2O3. The minimum Gasteiger partial charge on any atom is -0.495 e. The zero-order valence-corrected chi connectivity index (χ0v) is 13.5. The van der Waals surface area contributed by atoms with E-state index in [1.165, 1.54) is 14.2 Å². The maximum absolute atomic E-state index is 11.9. The molecule has 0 saturated carbocycles. The van der Waals surface area contributed by atoms with Crippen LogP contribution in [0, 0.1) is 0 Å². The van der Waals surface area contributed by atoms with Gasteiger partial charge in [-0.05, 0) is 13.0 Å². The van der Waals surface area contributed by atoms with E-state index < -0.39 is 0 Å². The number of carbonyl (C=O) groups is 1. The third-order valence-corrected chi connectivity index (χ3v) is 3.28. The first kappa shape index (κ1) is 17.6. The Hall–Kier alpha value is -1.46. The molecule has 1 aromatic carbocycles. The Labute approximate surface area is 131 Å². The third-order valence-electron chi connectivity index (χ3n) is 2.98. The Morgan fingerprint density at radius 3 is 2.52 bits per heavy atom.